The molecule has 1 aromatic heterocycles. The van der Waals surface area contributed by atoms with Crippen molar-refractivity contribution in [3.05, 3.63) is 77.9 Å². The second-order valence-electron chi connectivity index (χ2n) is 9.28. The fourth-order valence-electron chi connectivity index (χ4n) is 4.28. The van der Waals surface area contributed by atoms with E-state index < -0.39 is 44.6 Å². The van der Waals surface area contributed by atoms with E-state index in [-0.39, 0.29) is 127 Å². The minimum absolute atomic E-state index is 0. The summed E-state index contributed by atoms with van der Waals surface area (Å²) >= 11 is 0.249. The number of carboxylic acid groups (broad SMARTS) is 1. The van der Waals surface area contributed by atoms with E-state index in [4.69, 9.17) is 5.73 Å². The quantitative estimate of drug-likeness (QED) is 0.0189. The van der Waals surface area contributed by atoms with E-state index in [2.05, 4.69) is 45.2 Å². The number of aromatic nitrogens is 3. The van der Waals surface area contributed by atoms with Gasteiger partial charge >= 0.3 is 71.1 Å². The number of nitrogens with one attached hydrogen (secondary N) is 2. The predicted molar refractivity (Wildman–Crippen MR) is 162 cm³/mol. The first-order valence-corrected chi connectivity index (χ1v) is 15.1. The zero-order chi connectivity index (χ0) is 34.6. The van der Waals surface area contributed by atoms with Gasteiger partial charge < -0.3 is 41.5 Å². The van der Waals surface area contributed by atoms with E-state index in [1.54, 1.807) is 0 Å². The number of aromatic carboxylic acids is 1. The molecule has 0 saturated heterocycles. The number of nitrogens with two attached hydrogens (primary N) is 1. The number of para-hydroxylation sites is 1. The summed E-state index contributed by atoms with van der Waals surface area (Å²) in [4.78, 5) is 34.0. The number of fused-ring (bicyclic) bond motifs is 1. The summed E-state index contributed by atoms with van der Waals surface area (Å²) in [7, 11) is -5.13. The molecule has 7 N–H and O–H groups in total. The fraction of sp³-hybridized carbons (Fsp3) is 0. The van der Waals surface area contributed by atoms with Gasteiger partial charge in [0.15, 0.2) is 5.75 Å². The molecule has 5 rings (SSSR count). The molecular formula is C27H18N8Na2O11S2. The molecule has 0 atom stereocenters. The van der Waals surface area contributed by atoms with Crippen LogP contribution in [-0.2, 0) is 19.5 Å². The molecule has 0 saturated carbocycles. The number of rotatable bonds is 12. The smallest absolute Gasteiger partial charge is 0.744 e. The molecule has 0 unspecified atom stereocenters. The average Bonchev–Trinajstić information content (AvgIpc) is 3.02. The van der Waals surface area contributed by atoms with Crippen molar-refractivity contribution in [3.8, 4) is 11.8 Å². The fourth-order valence-corrected chi connectivity index (χ4v) is 5.31. The molecule has 1 amide bonds. The van der Waals surface area contributed by atoms with Crippen LogP contribution in [0.4, 0.5) is 34.6 Å². The Hall–Kier alpha value is -3.97. The predicted octanol–water partition coefficient (Wildman–Crippen LogP) is -2.72. The monoisotopic (exact) mass is 740 g/mol. The van der Waals surface area contributed by atoms with Crippen molar-refractivity contribution in [2.75, 3.05) is 10.6 Å². The van der Waals surface area contributed by atoms with Crippen molar-refractivity contribution in [1.29, 1.82) is 0 Å². The number of phenolic OH excluding ortho intramolecular Hbond substituents is 1. The van der Waals surface area contributed by atoms with Gasteiger partial charge in [0.2, 0.25) is 11.9 Å². The third-order valence-corrected chi connectivity index (χ3v) is 7.69. The largest absolute Gasteiger partial charge is 1.00 e. The molecular weight excluding hydrogens is 722 g/mol. The van der Waals surface area contributed by atoms with Crippen LogP contribution in [0.15, 0.2) is 86.7 Å². The number of carbonyl (C=O) groups is 2. The van der Waals surface area contributed by atoms with Gasteiger partial charge in [-0.1, -0.05) is 24.3 Å². The number of hydrogen-bond donors (Lipinski definition) is 6. The summed E-state index contributed by atoms with van der Waals surface area (Å²) < 4.78 is 40.6. The summed E-state index contributed by atoms with van der Waals surface area (Å²) in [5.74, 6) is -3.63. The third-order valence-electron chi connectivity index (χ3n) is 6.26. The van der Waals surface area contributed by atoms with Crippen molar-refractivity contribution in [2.45, 2.75) is 9.79 Å². The molecule has 5 aromatic rings. The minimum Gasteiger partial charge on any atom is -0.744 e. The maximum absolute atomic E-state index is 12.1. The van der Waals surface area contributed by atoms with Crippen LogP contribution in [-0.4, -0.2) is 55.1 Å². The van der Waals surface area contributed by atoms with E-state index in [0.717, 1.165) is 12.1 Å². The number of anilines is 4. The van der Waals surface area contributed by atoms with Crippen molar-refractivity contribution >= 4 is 79.5 Å². The summed E-state index contributed by atoms with van der Waals surface area (Å²) in [5.41, 5.74) is 4.58. The van der Waals surface area contributed by atoms with Crippen molar-refractivity contribution in [3.63, 3.8) is 0 Å². The molecule has 0 radical (unpaired) electrons. The zero-order valence-electron chi connectivity index (χ0n) is 25.6. The Morgan fingerprint density at radius 1 is 0.880 bits per heavy atom. The van der Waals surface area contributed by atoms with Crippen LogP contribution in [0.3, 0.4) is 0 Å². The Morgan fingerprint density at radius 2 is 1.50 bits per heavy atom. The number of nitrogens with zero attached hydrogens (tertiary/aromatic N) is 5. The Morgan fingerprint density at radius 3 is 2.12 bits per heavy atom. The molecule has 19 nitrogen and oxygen atoms in total. The number of primary amides is 1. The molecule has 0 aliphatic heterocycles. The van der Waals surface area contributed by atoms with Gasteiger partial charge in [0, 0.05) is 5.39 Å². The Bertz CT molecular complexity index is 2230. The van der Waals surface area contributed by atoms with Gasteiger partial charge in [-0.15, -0.1) is 10.2 Å². The van der Waals surface area contributed by atoms with Gasteiger partial charge in [-0.25, -0.2) is 13.2 Å². The van der Waals surface area contributed by atoms with Crippen molar-refractivity contribution in [2.24, 2.45) is 16.0 Å². The van der Waals surface area contributed by atoms with E-state index in [1.165, 1.54) is 54.6 Å². The van der Waals surface area contributed by atoms with Crippen molar-refractivity contribution < 1.29 is 112 Å². The molecule has 0 bridgehead atoms. The zero-order valence-corrected chi connectivity index (χ0v) is 31.2. The summed E-state index contributed by atoms with van der Waals surface area (Å²) in [6.07, 6.45) is 0. The summed E-state index contributed by atoms with van der Waals surface area (Å²) in [5, 5.41) is 58.0. The first-order valence-electron chi connectivity index (χ1n) is 12.9. The van der Waals surface area contributed by atoms with Crippen LogP contribution < -0.4 is 80.7 Å². The first-order chi connectivity index (χ1) is 22.8. The van der Waals surface area contributed by atoms with E-state index >= 15 is 0 Å². The van der Waals surface area contributed by atoms with Gasteiger partial charge in [-0.05, 0) is 47.9 Å². The number of benzene rings is 4. The van der Waals surface area contributed by atoms with Crippen LogP contribution in [0.25, 0.3) is 10.8 Å². The molecule has 0 fully saturated rings. The maximum atomic E-state index is 12.1. The second kappa shape index (κ2) is 17.3. The van der Waals surface area contributed by atoms with Crippen LogP contribution in [0.2, 0.25) is 0 Å². The number of phenols is 1. The SMILES string of the molecule is NC(=O)c1ccccc1N=Nc1c(SOO[O-])cc2cc(S(=O)(=O)[O-])cc(Nc3nc(O)nc(Nc4ccccc4C(=O)O)n3)c2c1O.[Na+].[Na+]. The molecule has 0 aliphatic carbocycles. The summed E-state index contributed by atoms with van der Waals surface area (Å²) in [6.45, 7) is 0. The Kier molecular flexibility index (Phi) is 14.0. The number of aromatic hydroxyl groups is 2. The molecule has 246 valence electrons. The normalized spacial score (nSPS) is 11.1. The number of carbonyl (C=O) groups excluding carboxylic acids is 1. The number of carboxylic acids is 1. The molecule has 4 aromatic carbocycles. The molecule has 1 heterocycles. The first kappa shape index (κ1) is 40.5. The second-order valence-corrected chi connectivity index (χ2v) is 11.4. The third kappa shape index (κ3) is 9.42. The minimum atomic E-state index is -5.13. The van der Waals surface area contributed by atoms with Crippen LogP contribution in [0, 0.1) is 0 Å². The molecule has 50 heavy (non-hydrogen) atoms. The summed E-state index contributed by atoms with van der Waals surface area (Å²) in [6, 6.07) is 13.6. The number of azo groups is 1. The van der Waals surface area contributed by atoms with Crippen LogP contribution in [0.5, 0.6) is 11.8 Å². The average molecular weight is 741 g/mol. The van der Waals surface area contributed by atoms with Gasteiger partial charge in [-0.2, -0.15) is 19.3 Å². The standard InChI is InChI=1S/C27H20N8O11S2.2Na/c28-23(37)14-5-1-4-8-17(14)34-35-21-19(47-46-45-41)10-12-9-13(48(42,43)44)11-18(20(12)22(21)36)30-26-31-25(32-27(40)33-26)29-16-7-3-2-6-15(16)24(38)39;;/h1-11,36,41H,(H2,28,37)(H,38,39)(H,42,43,44)(H3,29,30,31,32,33,40);;/q;2*+1/p-2. The van der Waals surface area contributed by atoms with Crippen molar-refractivity contribution in [1.82, 2.24) is 15.0 Å². The topological polar surface area (TPSA) is 307 Å². The van der Waals surface area contributed by atoms with Gasteiger partial charge in [-0.3, -0.25) is 9.83 Å². The van der Waals surface area contributed by atoms with E-state index in [1.807, 2.05) is 0 Å². The van der Waals surface area contributed by atoms with Gasteiger partial charge in [0.05, 0.1) is 50.0 Å². The molecule has 0 aliphatic rings. The van der Waals surface area contributed by atoms with Crippen LogP contribution in [0.1, 0.15) is 20.7 Å². The Balaban J connectivity index is 0.00000338. The molecule has 0 spiro atoms. The van der Waals surface area contributed by atoms with Gasteiger partial charge in [0.25, 0.3) is 5.91 Å². The molecule has 23 heteroatoms. The van der Waals surface area contributed by atoms with Crippen LogP contribution >= 0.6 is 12.0 Å². The number of amides is 1. The maximum Gasteiger partial charge on any atom is 1.00 e. The Labute approximate surface area is 329 Å². The number of hydrogen-bond acceptors (Lipinski definition) is 18. The van der Waals surface area contributed by atoms with E-state index in [9.17, 15) is 43.1 Å². The van der Waals surface area contributed by atoms with Gasteiger partial charge in [0.1, 0.15) is 15.8 Å². The van der Waals surface area contributed by atoms with E-state index in [0.29, 0.717) is 0 Å².